The summed E-state index contributed by atoms with van der Waals surface area (Å²) in [5.41, 5.74) is 1.55. The lowest BCUT2D eigenvalue weighted by Gasteiger charge is -2.22. The van der Waals surface area contributed by atoms with Crippen molar-refractivity contribution in [3.63, 3.8) is 0 Å². The van der Waals surface area contributed by atoms with Crippen LogP contribution in [0.4, 0.5) is 4.39 Å². The molecule has 0 aliphatic heterocycles. The molecule has 0 heterocycles. The van der Waals surface area contributed by atoms with E-state index in [1.165, 1.54) is 6.07 Å². The molecule has 0 amide bonds. The molecular formula is C16H14BrCl2F. The summed E-state index contributed by atoms with van der Waals surface area (Å²) in [6.07, 6.45) is 0.825. The molecule has 0 saturated carbocycles. The van der Waals surface area contributed by atoms with E-state index in [4.69, 9.17) is 23.2 Å². The minimum absolute atomic E-state index is 0.0459. The average Bonchev–Trinajstić information content (AvgIpc) is 2.44. The second-order valence-electron chi connectivity index (χ2n) is 4.62. The minimum atomic E-state index is -0.451. The van der Waals surface area contributed by atoms with Gasteiger partial charge in [0.05, 0.1) is 10.4 Å². The van der Waals surface area contributed by atoms with Crippen molar-refractivity contribution in [3.8, 4) is 0 Å². The summed E-state index contributed by atoms with van der Waals surface area (Å²) in [7, 11) is 0. The molecule has 2 rings (SSSR count). The molecule has 0 aliphatic rings. The predicted octanol–water partition coefficient (Wildman–Crippen LogP) is 6.72. The maximum atomic E-state index is 14.1. The first kappa shape index (κ1) is 15.8. The standard InChI is InChI=1S/C16H14BrCl2F/c1-2-11(10-6-4-3-5-7-10)16(19)12-8-14(18)13(17)9-15(12)20/h3-9,11,16H,2H2,1H3. The summed E-state index contributed by atoms with van der Waals surface area (Å²) in [5, 5.41) is 0.0166. The van der Waals surface area contributed by atoms with Gasteiger partial charge in [0.2, 0.25) is 0 Å². The van der Waals surface area contributed by atoms with E-state index in [2.05, 4.69) is 15.9 Å². The number of alkyl halides is 1. The third-order valence-electron chi connectivity index (χ3n) is 3.36. The zero-order chi connectivity index (χ0) is 14.7. The maximum absolute atomic E-state index is 14.1. The number of rotatable bonds is 4. The Morgan fingerprint density at radius 2 is 1.85 bits per heavy atom. The molecule has 0 aromatic heterocycles. The Balaban J connectivity index is 2.39. The summed E-state index contributed by atoms with van der Waals surface area (Å²) >= 11 is 15.8. The lowest BCUT2D eigenvalue weighted by molar-refractivity contribution is 0.572. The van der Waals surface area contributed by atoms with Crippen molar-refractivity contribution in [2.75, 3.05) is 0 Å². The van der Waals surface area contributed by atoms with Gasteiger partial charge in [-0.3, -0.25) is 0 Å². The molecule has 0 nitrogen and oxygen atoms in total. The van der Waals surface area contributed by atoms with Gasteiger partial charge in [-0.05, 0) is 40.0 Å². The van der Waals surface area contributed by atoms with Crippen molar-refractivity contribution in [1.29, 1.82) is 0 Å². The van der Waals surface area contributed by atoms with Crippen LogP contribution in [0.1, 0.15) is 35.8 Å². The van der Waals surface area contributed by atoms with E-state index in [1.54, 1.807) is 6.07 Å². The van der Waals surface area contributed by atoms with Crippen LogP contribution in [0.25, 0.3) is 0 Å². The second-order valence-corrected chi connectivity index (χ2v) is 6.35. The SMILES string of the molecule is CCC(c1ccccc1)C(Cl)c1cc(Cl)c(Br)cc1F. The van der Waals surface area contributed by atoms with E-state index in [9.17, 15) is 4.39 Å². The molecule has 4 heteroatoms. The molecule has 0 spiro atoms. The van der Waals surface area contributed by atoms with Gasteiger partial charge in [-0.15, -0.1) is 11.6 Å². The van der Waals surface area contributed by atoms with Crippen LogP contribution in [0.15, 0.2) is 46.9 Å². The zero-order valence-corrected chi connectivity index (χ0v) is 14.0. The topological polar surface area (TPSA) is 0 Å². The first-order valence-corrected chi connectivity index (χ1v) is 7.98. The lowest BCUT2D eigenvalue weighted by atomic mass is 9.89. The third-order valence-corrected chi connectivity index (χ3v) is 5.09. The molecule has 2 aromatic carbocycles. The van der Waals surface area contributed by atoms with Gasteiger partial charge in [0.25, 0.3) is 0 Å². The van der Waals surface area contributed by atoms with Crippen molar-refractivity contribution in [2.45, 2.75) is 24.6 Å². The predicted molar refractivity (Wildman–Crippen MR) is 87.2 cm³/mol. The Bertz CT molecular complexity index is 587. The molecule has 0 saturated heterocycles. The number of hydrogen-bond donors (Lipinski definition) is 0. The fourth-order valence-electron chi connectivity index (χ4n) is 2.28. The van der Waals surface area contributed by atoms with Gasteiger partial charge in [0, 0.05) is 16.0 Å². The molecular weight excluding hydrogens is 362 g/mol. The molecule has 0 bridgehead atoms. The van der Waals surface area contributed by atoms with Crippen molar-refractivity contribution in [2.24, 2.45) is 0 Å². The van der Waals surface area contributed by atoms with Crippen molar-refractivity contribution < 1.29 is 4.39 Å². The molecule has 20 heavy (non-hydrogen) atoms. The van der Waals surface area contributed by atoms with Crippen LogP contribution in [0, 0.1) is 5.82 Å². The summed E-state index contributed by atoms with van der Waals surface area (Å²) in [6, 6.07) is 12.9. The Hall–Kier alpha value is -0.570. The van der Waals surface area contributed by atoms with Gasteiger partial charge in [-0.25, -0.2) is 4.39 Å². The van der Waals surface area contributed by atoms with Gasteiger partial charge in [-0.2, -0.15) is 0 Å². The largest absolute Gasteiger partial charge is 0.207 e. The molecule has 0 aliphatic carbocycles. The summed E-state index contributed by atoms with van der Waals surface area (Å²) in [6.45, 7) is 2.05. The smallest absolute Gasteiger partial charge is 0.129 e. The fourth-order valence-corrected chi connectivity index (χ4v) is 3.26. The Morgan fingerprint density at radius 3 is 2.45 bits per heavy atom. The third kappa shape index (κ3) is 3.36. The number of hydrogen-bond acceptors (Lipinski definition) is 0. The Labute approximate surface area is 137 Å². The number of benzene rings is 2. The van der Waals surface area contributed by atoms with Gasteiger partial charge in [-0.1, -0.05) is 48.9 Å². The van der Waals surface area contributed by atoms with E-state index in [-0.39, 0.29) is 11.7 Å². The van der Waals surface area contributed by atoms with Crippen LogP contribution in [-0.2, 0) is 0 Å². The van der Waals surface area contributed by atoms with Crippen LogP contribution in [0.5, 0.6) is 0 Å². The average molecular weight is 376 g/mol. The van der Waals surface area contributed by atoms with E-state index in [0.29, 0.717) is 15.1 Å². The van der Waals surface area contributed by atoms with E-state index in [0.717, 1.165) is 12.0 Å². The van der Waals surface area contributed by atoms with Crippen LogP contribution >= 0.6 is 39.1 Å². The lowest BCUT2D eigenvalue weighted by Crippen LogP contribution is -2.07. The van der Waals surface area contributed by atoms with E-state index in [1.807, 2.05) is 37.3 Å². The molecule has 0 N–H and O–H groups in total. The van der Waals surface area contributed by atoms with Gasteiger partial charge < -0.3 is 0 Å². The van der Waals surface area contributed by atoms with Gasteiger partial charge >= 0.3 is 0 Å². The first-order chi connectivity index (χ1) is 9.54. The Morgan fingerprint density at radius 1 is 1.20 bits per heavy atom. The maximum Gasteiger partial charge on any atom is 0.129 e. The normalized spacial score (nSPS) is 14.1. The zero-order valence-electron chi connectivity index (χ0n) is 10.9. The first-order valence-electron chi connectivity index (χ1n) is 6.38. The van der Waals surface area contributed by atoms with E-state index >= 15 is 0 Å². The number of halogens is 4. The monoisotopic (exact) mass is 374 g/mol. The quantitative estimate of drug-likeness (QED) is 0.411. The molecule has 2 unspecified atom stereocenters. The van der Waals surface area contributed by atoms with Crippen LogP contribution < -0.4 is 0 Å². The summed E-state index contributed by atoms with van der Waals surface area (Å²) in [5.74, 6) is -0.291. The highest BCUT2D eigenvalue weighted by Gasteiger charge is 2.24. The van der Waals surface area contributed by atoms with Crippen molar-refractivity contribution >= 4 is 39.1 Å². The molecule has 2 atom stereocenters. The van der Waals surface area contributed by atoms with Crippen LogP contribution in [0.3, 0.4) is 0 Å². The van der Waals surface area contributed by atoms with Crippen molar-refractivity contribution in [1.82, 2.24) is 0 Å². The van der Waals surface area contributed by atoms with Crippen molar-refractivity contribution in [3.05, 3.63) is 68.9 Å². The Kier molecular flexibility index (Phi) is 5.48. The highest BCUT2D eigenvalue weighted by molar-refractivity contribution is 9.10. The van der Waals surface area contributed by atoms with Crippen LogP contribution in [-0.4, -0.2) is 0 Å². The molecule has 0 fully saturated rings. The highest BCUT2D eigenvalue weighted by Crippen LogP contribution is 2.41. The fraction of sp³-hybridized carbons (Fsp3) is 0.250. The van der Waals surface area contributed by atoms with Gasteiger partial charge in [0.15, 0.2) is 0 Å². The summed E-state index contributed by atoms with van der Waals surface area (Å²) in [4.78, 5) is 0. The van der Waals surface area contributed by atoms with Crippen LogP contribution in [0.2, 0.25) is 5.02 Å². The second kappa shape index (κ2) is 6.93. The molecule has 2 aromatic rings. The highest BCUT2D eigenvalue weighted by atomic mass is 79.9. The van der Waals surface area contributed by atoms with E-state index < -0.39 is 5.38 Å². The molecule has 0 radical (unpaired) electrons. The minimum Gasteiger partial charge on any atom is -0.207 e. The molecule has 106 valence electrons. The van der Waals surface area contributed by atoms with Gasteiger partial charge in [0.1, 0.15) is 5.82 Å². The summed E-state index contributed by atoms with van der Waals surface area (Å²) < 4.78 is 14.7.